The van der Waals surface area contributed by atoms with Gasteiger partial charge in [0.2, 0.25) is 5.91 Å². The van der Waals surface area contributed by atoms with Crippen molar-refractivity contribution in [3.63, 3.8) is 0 Å². The van der Waals surface area contributed by atoms with Gasteiger partial charge >= 0.3 is 0 Å². The second-order valence-electron chi connectivity index (χ2n) is 5.54. The van der Waals surface area contributed by atoms with E-state index in [4.69, 9.17) is 0 Å². The van der Waals surface area contributed by atoms with Gasteiger partial charge in [0, 0.05) is 12.6 Å². The van der Waals surface area contributed by atoms with Crippen LogP contribution in [0.4, 0.5) is 0 Å². The molecule has 3 nitrogen and oxygen atoms in total. The van der Waals surface area contributed by atoms with Gasteiger partial charge in [-0.15, -0.1) is 0 Å². The molecule has 0 aliphatic carbocycles. The summed E-state index contributed by atoms with van der Waals surface area (Å²) in [6, 6.07) is 0.505. The SMILES string of the molecule is CCCCC(CCC)NCC(=O)NCCC(C)C. The van der Waals surface area contributed by atoms with Crippen molar-refractivity contribution in [3.05, 3.63) is 0 Å². The van der Waals surface area contributed by atoms with Gasteiger partial charge in [-0.25, -0.2) is 0 Å². The van der Waals surface area contributed by atoms with E-state index in [1.54, 1.807) is 0 Å². The Morgan fingerprint density at radius 2 is 1.78 bits per heavy atom. The van der Waals surface area contributed by atoms with Crippen molar-refractivity contribution < 1.29 is 4.79 Å². The van der Waals surface area contributed by atoms with E-state index in [1.807, 2.05) is 0 Å². The maximum absolute atomic E-state index is 11.6. The Bertz CT molecular complexity index is 205. The average molecular weight is 256 g/mol. The lowest BCUT2D eigenvalue weighted by Crippen LogP contribution is -2.39. The lowest BCUT2D eigenvalue weighted by molar-refractivity contribution is -0.120. The quantitative estimate of drug-likeness (QED) is 0.596. The number of nitrogens with one attached hydrogen (secondary N) is 2. The van der Waals surface area contributed by atoms with Crippen molar-refractivity contribution in [3.8, 4) is 0 Å². The first-order valence-electron chi connectivity index (χ1n) is 7.60. The summed E-state index contributed by atoms with van der Waals surface area (Å²) in [5, 5.41) is 6.35. The molecule has 0 saturated heterocycles. The van der Waals surface area contributed by atoms with Crippen LogP contribution in [-0.4, -0.2) is 25.0 Å². The van der Waals surface area contributed by atoms with Crippen LogP contribution in [0.1, 0.15) is 66.2 Å². The van der Waals surface area contributed by atoms with E-state index in [1.165, 1.54) is 32.1 Å². The molecule has 0 rings (SSSR count). The topological polar surface area (TPSA) is 41.1 Å². The van der Waals surface area contributed by atoms with Crippen molar-refractivity contribution in [1.29, 1.82) is 0 Å². The van der Waals surface area contributed by atoms with E-state index < -0.39 is 0 Å². The molecule has 18 heavy (non-hydrogen) atoms. The lowest BCUT2D eigenvalue weighted by atomic mass is 10.1. The van der Waals surface area contributed by atoms with E-state index >= 15 is 0 Å². The van der Waals surface area contributed by atoms with Crippen LogP contribution in [0.3, 0.4) is 0 Å². The molecule has 0 radical (unpaired) electrons. The summed E-state index contributed by atoms with van der Waals surface area (Å²) in [4.78, 5) is 11.6. The molecule has 3 heteroatoms. The number of rotatable bonds is 11. The van der Waals surface area contributed by atoms with Gasteiger partial charge in [0.05, 0.1) is 6.54 Å². The van der Waals surface area contributed by atoms with E-state index in [0.29, 0.717) is 18.5 Å². The normalized spacial score (nSPS) is 12.7. The molecule has 0 saturated carbocycles. The summed E-state index contributed by atoms with van der Waals surface area (Å²) in [5.74, 6) is 0.781. The monoisotopic (exact) mass is 256 g/mol. The highest BCUT2D eigenvalue weighted by Gasteiger charge is 2.08. The molecule has 2 N–H and O–H groups in total. The van der Waals surface area contributed by atoms with Gasteiger partial charge in [0.1, 0.15) is 0 Å². The largest absolute Gasteiger partial charge is 0.355 e. The summed E-state index contributed by atoms with van der Waals surface area (Å²) in [6.45, 7) is 10.0. The second-order valence-corrected chi connectivity index (χ2v) is 5.54. The third-order valence-electron chi connectivity index (χ3n) is 3.14. The minimum absolute atomic E-state index is 0.133. The molecular weight excluding hydrogens is 224 g/mol. The van der Waals surface area contributed by atoms with Crippen LogP contribution in [0.2, 0.25) is 0 Å². The molecule has 0 aliphatic heterocycles. The zero-order chi connectivity index (χ0) is 13.8. The van der Waals surface area contributed by atoms with Crippen LogP contribution >= 0.6 is 0 Å². The Hall–Kier alpha value is -0.570. The average Bonchev–Trinajstić information content (AvgIpc) is 2.32. The number of hydrogen-bond donors (Lipinski definition) is 2. The molecule has 1 amide bonds. The Labute approximate surface area is 113 Å². The van der Waals surface area contributed by atoms with Crippen LogP contribution in [0.5, 0.6) is 0 Å². The minimum atomic E-state index is 0.133. The third kappa shape index (κ3) is 10.6. The fourth-order valence-electron chi connectivity index (χ4n) is 1.95. The summed E-state index contributed by atoms with van der Waals surface area (Å²) in [5.41, 5.74) is 0. The number of carbonyl (C=O) groups excluding carboxylic acids is 1. The van der Waals surface area contributed by atoms with Crippen molar-refractivity contribution in [2.45, 2.75) is 72.3 Å². The zero-order valence-electron chi connectivity index (χ0n) is 12.7. The number of amides is 1. The van der Waals surface area contributed by atoms with Gasteiger partial charge < -0.3 is 10.6 Å². The fraction of sp³-hybridized carbons (Fsp3) is 0.933. The Morgan fingerprint density at radius 1 is 1.06 bits per heavy atom. The first-order chi connectivity index (χ1) is 8.60. The number of hydrogen-bond acceptors (Lipinski definition) is 2. The van der Waals surface area contributed by atoms with Gasteiger partial charge in [-0.05, 0) is 25.2 Å². The smallest absolute Gasteiger partial charge is 0.233 e. The molecule has 0 bridgehead atoms. The molecule has 1 atom stereocenters. The first kappa shape index (κ1) is 17.4. The molecule has 0 aromatic heterocycles. The summed E-state index contributed by atoms with van der Waals surface area (Å²) >= 11 is 0. The fourth-order valence-corrected chi connectivity index (χ4v) is 1.95. The first-order valence-corrected chi connectivity index (χ1v) is 7.60. The van der Waals surface area contributed by atoms with Crippen LogP contribution in [0, 0.1) is 5.92 Å². The Kier molecular flexibility index (Phi) is 11.2. The maximum atomic E-state index is 11.6. The molecule has 0 aromatic carbocycles. The van der Waals surface area contributed by atoms with E-state index in [-0.39, 0.29) is 5.91 Å². The summed E-state index contributed by atoms with van der Waals surface area (Å²) in [7, 11) is 0. The number of unbranched alkanes of at least 4 members (excludes halogenated alkanes) is 1. The third-order valence-corrected chi connectivity index (χ3v) is 3.14. The Balaban J connectivity index is 3.70. The molecule has 0 heterocycles. The van der Waals surface area contributed by atoms with Crippen molar-refractivity contribution in [2.75, 3.05) is 13.1 Å². The van der Waals surface area contributed by atoms with Crippen molar-refractivity contribution in [1.82, 2.24) is 10.6 Å². The maximum Gasteiger partial charge on any atom is 0.233 e. The highest BCUT2D eigenvalue weighted by molar-refractivity contribution is 5.77. The van der Waals surface area contributed by atoms with Crippen LogP contribution in [0.25, 0.3) is 0 Å². The van der Waals surface area contributed by atoms with Gasteiger partial charge in [0.15, 0.2) is 0 Å². The van der Waals surface area contributed by atoms with Gasteiger partial charge in [0.25, 0.3) is 0 Å². The standard InChI is InChI=1S/C15H32N2O/c1-5-7-9-14(8-6-2)17-12-15(18)16-11-10-13(3)4/h13-14,17H,5-12H2,1-4H3,(H,16,18). The van der Waals surface area contributed by atoms with Gasteiger partial charge in [-0.3, -0.25) is 4.79 Å². The molecule has 0 aliphatic rings. The molecule has 0 fully saturated rings. The van der Waals surface area contributed by atoms with Crippen LogP contribution in [-0.2, 0) is 4.79 Å². The minimum Gasteiger partial charge on any atom is -0.355 e. The lowest BCUT2D eigenvalue weighted by Gasteiger charge is -2.17. The van der Waals surface area contributed by atoms with Gasteiger partial charge in [-0.2, -0.15) is 0 Å². The summed E-state index contributed by atoms with van der Waals surface area (Å²) in [6.07, 6.45) is 7.05. The van der Waals surface area contributed by atoms with Crippen molar-refractivity contribution in [2.24, 2.45) is 5.92 Å². The van der Waals surface area contributed by atoms with Crippen molar-refractivity contribution >= 4 is 5.91 Å². The zero-order valence-corrected chi connectivity index (χ0v) is 12.7. The summed E-state index contributed by atoms with van der Waals surface area (Å²) < 4.78 is 0. The molecule has 108 valence electrons. The van der Waals surface area contributed by atoms with E-state index in [9.17, 15) is 4.79 Å². The van der Waals surface area contributed by atoms with E-state index in [0.717, 1.165) is 13.0 Å². The predicted octanol–water partition coefficient (Wildman–Crippen LogP) is 3.10. The van der Waals surface area contributed by atoms with Crippen LogP contribution in [0.15, 0.2) is 0 Å². The number of carbonyl (C=O) groups is 1. The Morgan fingerprint density at radius 3 is 2.33 bits per heavy atom. The van der Waals surface area contributed by atoms with E-state index in [2.05, 4.69) is 38.3 Å². The highest BCUT2D eigenvalue weighted by Crippen LogP contribution is 2.06. The van der Waals surface area contributed by atoms with Crippen LogP contribution < -0.4 is 10.6 Å². The molecular formula is C15H32N2O. The molecule has 0 spiro atoms. The van der Waals surface area contributed by atoms with Gasteiger partial charge in [-0.1, -0.05) is 47.0 Å². The highest BCUT2D eigenvalue weighted by atomic mass is 16.1. The molecule has 1 unspecified atom stereocenters. The predicted molar refractivity (Wildman–Crippen MR) is 78.7 cm³/mol. The molecule has 0 aromatic rings. The second kappa shape index (κ2) is 11.5.